The van der Waals surface area contributed by atoms with E-state index in [9.17, 15) is 14.0 Å². The summed E-state index contributed by atoms with van der Waals surface area (Å²) >= 11 is 0. The second kappa shape index (κ2) is 10.2. The standard InChI is InChI=1S/C24H24FN3O2/c1-18-12-14-19(15-13-18)23(29)28(20-8-3-2-4-9-20)17-7-16-26-24(30)27-22-11-6-5-10-21(22)25/h2-6,8-15H,7,16-17H2,1H3,(H2,26,27,30). The van der Waals surface area contributed by atoms with Crippen molar-refractivity contribution >= 4 is 23.3 Å². The summed E-state index contributed by atoms with van der Waals surface area (Å²) in [6.07, 6.45) is 0.539. The highest BCUT2D eigenvalue weighted by Gasteiger charge is 2.17. The number of carbonyl (C=O) groups is 2. The molecule has 0 heterocycles. The lowest BCUT2D eigenvalue weighted by molar-refractivity contribution is 0.0986. The Balaban J connectivity index is 1.59. The molecule has 0 aromatic heterocycles. The molecule has 0 radical (unpaired) electrons. The molecular formula is C24H24FN3O2. The predicted octanol–water partition coefficient (Wildman–Crippen LogP) is 4.99. The van der Waals surface area contributed by atoms with Crippen LogP contribution in [0, 0.1) is 12.7 Å². The van der Waals surface area contributed by atoms with Gasteiger partial charge in [0, 0.05) is 24.3 Å². The van der Waals surface area contributed by atoms with Crippen LogP contribution in [0.15, 0.2) is 78.9 Å². The number of benzene rings is 3. The van der Waals surface area contributed by atoms with Gasteiger partial charge < -0.3 is 15.5 Å². The molecule has 154 valence electrons. The summed E-state index contributed by atoms with van der Waals surface area (Å²) in [5, 5.41) is 5.17. The lowest BCUT2D eigenvalue weighted by atomic mass is 10.1. The SMILES string of the molecule is Cc1ccc(C(=O)N(CCCNC(=O)Nc2ccccc2F)c2ccccc2)cc1. The first-order chi connectivity index (χ1) is 14.5. The molecule has 0 spiro atoms. The van der Waals surface area contributed by atoms with Crippen LogP contribution in [0.2, 0.25) is 0 Å². The van der Waals surface area contributed by atoms with Gasteiger partial charge in [0.2, 0.25) is 0 Å². The van der Waals surface area contributed by atoms with Gasteiger partial charge in [-0.2, -0.15) is 0 Å². The summed E-state index contributed by atoms with van der Waals surface area (Å²) < 4.78 is 13.6. The van der Waals surface area contributed by atoms with Crippen LogP contribution in [0.25, 0.3) is 0 Å². The number of rotatable bonds is 7. The van der Waals surface area contributed by atoms with Gasteiger partial charge >= 0.3 is 6.03 Å². The Bertz CT molecular complexity index is 991. The van der Waals surface area contributed by atoms with Gasteiger partial charge in [0.25, 0.3) is 5.91 Å². The highest BCUT2D eigenvalue weighted by Crippen LogP contribution is 2.18. The number of aryl methyl sites for hydroxylation is 1. The van der Waals surface area contributed by atoms with Gasteiger partial charge in [-0.1, -0.05) is 48.0 Å². The molecule has 3 rings (SSSR count). The molecule has 6 heteroatoms. The summed E-state index contributed by atoms with van der Waals surface area (Å²) in [4.78, 5) is 26.7. The van der Waals surface area contributed by atoms with Gasteiger partial charge in [0.05, 0.1) is 5.69 Å². The molecule has 3 amide bonds. The molecule has 5 nitrogen and oxygen atoms in total. The summed E-state index contributed by atoms with van der Waals surface area (Å²) in [7, 11) is 0. The van der Waals surface area contributed by atoms with Crippen molar-refractivity contribution in [1.29, 1.82) is 0 Å². The fraction of sp³-hybridized carbons (Fsp3) is 0.167. The van der Waals surface area contributed by atoms with E-state index in [4.69, 9.17) is 0 Å². The number of hydrogen-bond acceptors (Lipinski definition) is 2. The molecule has 0 aliphatic rings. The van der Waals surface area contributed by atoms with E-state index < -0.39 is 11.8 Å². The minimum Gasteiger partial charge on any atom is -0.338 e. The molecule has 0 saturated heterocycles. The quantitative estimate of drug-likeness (QED) is 0.544. The molecule has 0 saturated carbocycles. The Morgan fingerprint density at radius 3 is 2.27 bits per heavy atom. The Morgan fingerprint density at radius 2 is 1.57 bits per heavy atom. The fourth-order valence-electron chi connectivity index (χ4n) is 2.98. The van der Waals surface area contributed by atoms with E-state index in [1.807, 2.05) is 61.5 Å². The monoisotopic (exact) mass is 405 g/mol. The minimum absolute atomic E-state index is 0.1000. The predicted molar refractivity (Wildman–Crippen MR) is 117 cm³/mol. The van der Waals surface area contributed by atoms with Gasteiger partial charge in [0.15, 0.2) is 0 Å². The normalized spacial score (nSPS) is 10.3. The first-order valence-electron chi connectivity index (χ1n) is 9.77. The average Bonchev–Trinajstić information content (AvgIpc) is 2.76. The Kier molecular flexibility index (Phi) is 7.16. The van der Waals surface area contributed by atoms with Crippen LogP contribution in [0.4, 0.5) is 20.6 Å². The van der Waals surface area contributed by atoms with Gasteiger partial charge in [-0.15, -0.1) is 0 Å². The summed E-state index contributed by atoms with van der Waals surface area (Å²) in [6, 6.07) is 22.3. The third-order valence-corrected chi connectivity index (χ3v) is 4.58. The number of halogens is 1. The second-order valence-corrected chi connectivity index (χ2v) is 6.87. The van der Waals surface area contributed by atoms with Crippen molar-refractivity contribution in [1.82, 2.24) is 5.32 Å². The van der Waals surface area contributed by atoms with Crippen molar-refractivity contribution in [2.75, 3.05) is 23.3 Å². The van der Waals surface area contributed by atoms with Crippen LogP contribution in [-0.2, 0) is 0 Å². The largest absolute Gasteiger partial charge is 0.338 e. The number of urea groups is 1. The van der Waals surface area contributed by atoms with E-state index in [2.05, 4.69) is 10.6 Å². The van der Waals surface area contributed by atoms with Gasteiger partial charge in [-0.25, -0.2) is 9.18 Å². The molecular weight excluding hydrogens is 381 g/mol. The van der Waals surface area contributed by atoms with E-state index in [-0.39, 0.29) is 11.6 Å². The number of amides is 3. The molecule has 0 unspecified atom stereocenters. The lowest BCUT2D eigenvalue weighted by Crippen LogP contribution is -2.35. The highest BCUT2D eigenvalue weighted by molar-refractivity contribution is 6.06. The zero-order valence-electron chi connectivity index (χ0n) is 16.8. The van der Waals surface area contributed by atoms with E-state index in [1.165, 1.54) is 12.1 Å². The van der Waals surface area contributed by atoms with E-state index in [0.717, 1.165) is 11.3 Å². The summed E-state index contributed by atoms with van der Waals surface area (Å²) in [5.74, 6) is -0.594. The maximum atomic E-state index is 13.6. The van der Waals surface area contributed by atoms with Crippen LogP contribution in [0.1, 0.15) is 22.3 Å². The van der Waals surface area contributed by atoms with Crippen LogP contribution in [0.3, 0.4) is 0 Å². The van der Waals surface area contributed by atoms with Crippen molar-refractivity contribution in [3.8, 4) is 0 Å². The van der Waals surface area contributed by atoms with Crippen LogP contribution in [-0.4, -0.2) is 25.0 Å². The summed E-state index contributed by atoms with van der Waals surface area (Å²) in [6.45, 7) is 2.74. The maximum absolute atomic E-state index is 13.6. The third-order valence-electron chi connectivity index (χ3n) is 4.58. The molecule has 0 aliphatic carbocycles. The first kappa shape index (κ1) is 21.0. The van der Waals surface area contributed by atoms with E-state index in [1.54, 1.807) is 17.0 Å². The smallest absolute Gasteiger partial charge is 0.319 e. The Morgan fingerprint density at radius 1 is 0.900 bits per heavy atom. The van der Waals surface area contributed by atoms with Gasteiger partial charge in [-0.3, -0.25) is 4.79 Å². The maximum Gasteiger partial charge on any atom is 0.319 e. The molecule has 0 aliphatic heterocycles. The Hall–Kier alpha value is -3.67. The number of nitrogens with one attached hydrogen (secondary N) is 2. The van der Waals surface area contributed by atoms with Crippen molar-refractivity contribution in [3.63, 3.8) is 0 Å². The van der Waals surface area contributed by atoms with Crippen LogP contribution in [0.5, 0.6) is 0 Å². The zero-order chi connectivity index (χ0) is 21.3. The molecule has 30 heavy (non-hydrogen) atoms. The van der Waals surface area contributed by atoms with Crippen molar-refractivity contribution in [2.24, 2.45) is 0 Å². The third kappa shape index (κ3) is 5.67. The van der Waals surface area contributed by atoms with Crippen LogP contribution < -0.4 is 15.5 Å². The molecule has 3 aromatic rings. The van der Waals surface area contributed by atoms with Crippen LogP contribution >= 0.6 is 0 Å². The number of para-hydroxylation sites is 2. The molecule has 0 atom stereocenters. The molecule has 2 N–H and O–H groups in total. The Labute approximate surface area is 175 Å². The number of carbonyl (C=O) groups excluding carboxylic acids is 2. The van der Waals surface area contributed by atoms with E-state index >= 15 is 0 Å². The highest BCUT2D eigenvalue weighted by atomic mass is 19.1. The average molecular weight is 405 g/mol. The van der Waals surface area contributed by atoms with Crippen molar-refractivity contribution < 1.29 is 14.0 Å². The first-order valence-corrected chi connectivity index (χ1v) is 9.77. The molecule has 0 bridgehead atoms. The minimum atomic E-state index is -0.494. The second-order valence-electron chi connectivity index (χ2n) is 6.87. The zero-order valence-corrected chi connectivity index (χ0v) is 16.8. The van der Waals surface area contributed by atoms with Crippen molar-refractivity contribution in [3.05, 3.63) is 95.8 Å². The lowest BCUT2D eigenvalue weighted by Gasteiger charge is -2.23. The van der Waals surface area contributed by atoms with Crippen molar-refractivity contribution in [2.45, 2.75) is 13.3 Å². The number of nitrogens with zero attached hydrogens (tertiary/aromatic N) is 1. The van der Waals surface area contributed by atoms with Gasteiger partial charge in [-0.05, 0) is 49.7 Å². The number of anilines is 2. The topological polar surface area (TPSA) is 61.4 Å². The summed E-state index contributed by atoms with van der Waals surface area (Å²) in [5.41, 5.74) is 2.60. The van der Waals surface area contributed by atoms with Gasteiger partial charge in [0.1, 0.15) is 5.82 Å². The van der Waals surface area contributed by atoms with E-state index in [0.29, 0.717) is 25.1 Å². The fourth-order valence-corrected chi connectivity index (χ4v) is 2.98. The molecule has 3 aromatic carbocycles. The number of hydrogen-bond donors (Lipinski definition) is 2. The molecule has 0 fully saturated rings.